The number of benzene rings is 1. The molecule has 0 spiro atoms. The van der Waals surface area contributed by atoms with Crippen LogP contribution in [0.25, 0.3) is 10.9 Å². The fourth-order valence-corrected chi connectivity index (χ4v) is 2.19. The number of carbonyl (C=O) groups is 1. The summed E-state index contributed by atoms with van der Waals surface area (Å²) in [5, 5.41) is 7.94. The minimum Gasteiger partial charge on any atom is -0.383 e. The zero-order chi connectivity index (χ0) is 14.5. The van der Waals surface area contributed by atoms with Crippen LogP contribution < -0.4 is 0 Å². The molecule has 0 saturated heterocycles. The van der Waals surface area contributed by atoms with Crippen LogP contribution in [-0.2, 0) is 4.74 Å². The summed E-state index contributed by atoms with van der Waals surface area (Å²) in [6.07, 6.45) is 0. The Balaban J connectivity index is 2.26. The molecule has 1 amide bonds. The lowest BCUT2D eigenvalue weighted by Crippen LogP contribution is -2.37. The molecule has 0 saturated carbocycles. The number of methoxy groups -OCH3 is 1. The van der Waals surface area contributed by atoms with Crippen LogP contribution in [0, 0.1) is 5.92 Å². The summed E-state index contributed by atoms with van der Waals surface area (Å²) in [7, 11) is 1.64. The molecule has 108 valence electrons. The summed E-state index contributed by atoms with van der Waals surface area (Å²) in [6.45, 7) is 5.99. The van der Waals surface area contributed by atoms with Crippen molar-refractivity contribution in [3.8, 4) is 0 Å². The van der Waals surface area contributed by atoms with E-state index in [9.17, 15) is 4.79 Å². The molecule has 0 aliphatic heterocycles. The van der Waals surface area contributed by atoms with Crippen molar-refractivity contribution >= 4 is 16.8 Å². The minimum absolute atomic E-state index is 0.0480. The molecule has 0 atom stereocenters. The van der Waals surface area contributed by atoms with Crippen molar-refractivity contribution < 1.29 is 9.53 Å². The van der Waals surface area contributed by atoms with Crippen LogP contribution >= 0.6 is 0 Å². The first-order valence-corrected chi connectivity index (χ1v) is 6.84. The lowest BCUT2D eigenvalue weighted by Gasteiger charge is -2.23. The number of nitrogens with zero attached hydrogens (tertiary/aromatic N) is 2. The third-order valence-corrected chi connectivity index (χ3v) is 3.11. The molecule has 20 heavy (non-hydrogen) atoms. The first kappa shape index (κ1) is 14.5. The van der Waals surface area contributed by atoms with E-state index in [0.717, 1.165) is 10.9 Å². The highest BCUT2D eigenvalue weighted by molar-refractivity contribution is 6.04. The first-order valence-electron chi connectivity index (χ1n) is 6.84. The fraction of sp³-hybridized carbons (Fsp3) is 0.467. The SMILES string of the molecule is COCCN(CC(C)C)C(=O)c1n[nH]c2ccccc12. The standard InChI is InChI=1S/C15H21N3O2/c1-11(2)10-18(8-9-20-3)15(19)14-12-6-4-5-7-13(12)16-17-14/h4-7,11H,8-10H2,1-3H3,(H,16,17). The number of hydrogen-bond acceptors (Lipinski definition) is 3. The molecule has 1 heterocycles. The summed E-state index contributed by atoms with van der Waals surface area (Å²) in [5.74, 6) is 0.356. The van der Waals surface area contributed by atoms with Crippen LogP contribution in [-0.4, -0.2) is 47.8 Å². The number of fused-ring (bicyclic) bond motifs is 1. The second kappa shape index (κ2) is 6.52. The van der Waals surface area contributed by atoms with Gasteiger partial charge in [-0.15, -0.1) is 0 Å². The molecule has 0 unspecified atom stereocenters. The number of para-hydroxylation sites is 1. The molecule has 0 radical (unpaired) electrons. The second-order valence-corrected chi connectivity index (χ2v) is 5.26. The molecule has 0 aliphatic carbocycles. The molecule has 2 rings (SSSR count). The van der Waals surface area contributed by atoms with E-state index in [0.29, 0.717) is 31.3 Å². The van der Waals surface area contributed by atoms with Crippen molar-refractivity contribution in [2.75, 3.05) is 26.8 Å². The Hall–Kier alpha value is -1.88. The Labute approximate surface area is 118 Å². The van der Waals surface area contributed by atoms with Crippen molar-refractivity contribution in [3.63, 3.8) is 0 Å². The zero-order valence-corrected chi connectivity index (χ0v) is 12.2. The number of ether oxygens (including phenoxy) is 1. The Morgan fingerprint density at radius 2 is 2.15 bits per heavy atom. The highest BCUT2D eigenvalue weighted by Crippen LogP contribution is 2.17. The minimum atomic E-state index is -0.0480. The Kier molecular flexibility index (Phi) is 4.74. The van der Waals surface area contributed by atoms with Crippen molar-refractivity contribution in [2.45, 2.75) is 13.8 Å². The van der Waals surface area contributed by atoms with E-state index in [1.807, 2.05) is 24.3 Å². The van der Waals surface area contributed by atoms with Gasteiger partial charge in [-0.25, -0.2) is 0 Å². The van der Waals surface area contributed by atoms with E-state index in [4.69, 9.17) is 4.74 Å². The Bertz CT molecular complexity index is 577. The summed E-state index contributed by atoms with van der Waals surface area (Å²) >= 11 is 0. The Morgan fingerprint density at radius 3 is 2.85 bits per heavy atom. The smallest absolute Gasteiger partial charge is 0.275 e. The molecule has 0 aliphatic rings. The van der Waals surface area contributed by atoms with E-state index >= 15 is 0 Å². The average molecular weight is 275 g/mol. The van der Waals surface area contributed by atoms with Gasteiger partial charge in [0.1, 0.15) is 0 Å². The zero-order valence-electron chi connectivity index (χ0n) is 12.2. The number of nitrogens with one attached hydrogen (secondary N) is 1. The van der Waals surface area contributed by atoms with Gasteiger partial charge in [-0.3, -0.25) is 9.89 Å². The second-order valence-electron chi connectivity index (χ2n) is 5.26. The normalized spacial score (nSPS) is 11.2. The maximum Gasteiger partial charge on any atom is 0.275 e. The van der Waals surface area contributed by atoms with Crippen molar-refractivity contribution in [2.24, 2.45) is 5.92 Å². The van der Waals surface area contributed by atoms with Crippen LogP contribution in [0.4, 0.5) is 0 Å². The maximum atomic E-state index is 12.6. The van der Waals surface area contributed by atoms with Gasteiger partial charge in [0.25, 0.3) is 5.91 Å². The number of carbonyl (C=O) groups excluding carboxylic acids is 1. The van der Waals surface area contributed by atoms with E-state index in [1.54, 1.807) is 12.0 Å². The van der Waals surface area contributed by atoms with Gasteiger partial charge in [-0.05, 0) is 12.0 Å². The van der Waals surface area contributed by atoms with Gasteiger partial charge in [0.2, 0.25) is 0 Å². The predicted molar refractivity (Wildman–Crippen MR) is 78.7 cm³/mol. The van der Waals surface area contributed by atoms with E-state index in [1.165, 1.54) is 0 Å². The van der Waals surface area contributed by atoms with Crippen molar-refractivity contribution in [3.05, 3.63) is 30.0 Å². The number of hydrogen-bond donors (Lipinski definition) is 1. The first-order chi connectivity index (χ1) is 9.63. The van der Waals surface area contributed by atoms with Gasteiger partial charge in [-0.1, -0.05) is 32.0 Å². The number of amides is 1. The molecule has 0 bridgehead atoms. The number of rotatable bonds is 6. The summed E-state index contributed by atoms with van der Waals surface area (Å²) < 4.78 is 5.09. The Morgan fingerprint density at radius 1 is 1.40 bits per heavy atom. The molecule has 5 heteroatoms. The topological polar surface area (TPSA) is 58.2 Å². The van der Waals surface area contributed by atoms with Gasteiger partial charge < -0.3 is 9.64 Å². The van der Waals surface area contributed by atoms with Crippen molar-refractivity contribution in [1.29, 1.82) is 0 Å². The van der Waals surface area contributed by atoms with Gasteiger partial charge >= 0.3 is 0 Å². The molecular weight excluding hydrogens is 254 g/mol. The van der Waals surface area contributed by atoms with Crippen LogP contribution in [0.15, 0.2) is 24.3 Å². The van der Waals surface area contributed by atoms with Gasteiger partial charge in [0.15, 0.2) is 5.69 Å². The van der Waals surface area contributed by atoms with Gasteiger partial charge in [0, 0.05) is 25.6 Å². The number of aromatic nitrogens is 2. The van der Waals surface area contributed by atoms with Gasteiger partial charge in [0.05, 0.1) is 12.1 Å². The molecule has 0 fully saturated rings. The average Bonchev–Trinajstić information content (AvgIpc) is 2.86. The third kappa shape index (κ3) is 3.17. The van der Waals surface area contributed by atoms with Crippen LogP contribution in [0.2, 0.25) is 0 Å². The third-order valence-electron chi connectivity index (χ3n) is 3.11. The van der Waals surface area contributed by atoms with Crippen molar-refractivity contribution in [1.82, 2.24) is 15.1 Å². The van der Waals surface area contributed by atoms with Crippen LogP contribution in [0.3, 0.4) is 0 Å². The molecular formula is C15H21N3O2. The summed E-state index contributed by atoms with van der Waals surface area (Å²) in [5.41, 5.74) is 1.37. The molecule has 1 N–H and O–H groups in total. The van der Waals surface area contributed by atoms with Crippen LogP contribution in [0.1, 0.15) is 24.3 Å². The summed E-state index contributed by atoms with van der Waals surface area (Å²) in [6, 6.07) is 7.67. The lowest BCUT2D eigenvalue weighted by atomic mass is 10.1. The number of aromatic amines is 1. The fourth-order valence-electron chi connectivity index (χ4n) is 2.19. The predicted octanol–water partition coefficient (Wildman–Crippen LogP) is 2.31. The van der Waals surface area contributed by atoms with E-state index in [2.05, 4.69) is 24.0 Å². The van der Waals surface area contributed by atoms with Crippen LogP contribution in [0.5, 0.6) is 0 Å². The molecule has 1 aromatic carbocycles. The highest BCUT2D eigenvalue weighted by Gasteiger charge is 2.21. The number of H-pyrrole nitrogens is 1. The highest BCUT2D eigenvalue weighted by atomic mass is 16.5. The quantitative estimate of drug-likeness (QED) is 0.880. The molecule has 2 aromatic rings. The largest absolute Gasteiger partial charge is 0.383 e. The van der Waals surface area contributed by atoms with Gasteiger partial charge in [-0.2, -0.15) is 5.10 Å². The monoisotopic (exact) mass is 275 g/mol. The molecule has 5 nitrogen and oxygen atoms in total. The molecule has 1 aromatic heterocycles. The van der Waals surface area contributed by atoms with E-state index in [-0.39, 0.29) is 5.91 Å². The summed E-state index contributed by atoms with van der Waals surface area (Å²) in [4.78, 5) is 14.5. The lowest BCUT2D eigenvalue weighted by molar-refractivity contribution is 0.0668. The van der Waals surface area contributed by atoms with E-state index < -0.39 is 0 Å². The maximum absolute atomic E-state index is 12.6.